The second-order valence-corrected chi connectivity index (χ2v) is 3.30. The Kier molecular flexibility index (Phi) is 4.48. The van der Waals surface area contributed by atoms with Crippen LogP contribution in [-0.4, -0.2) is 13.1 Å². The minimum atomic E-state index is 0.884. The molecule has 1 aliphatic heterocycles. The van der Waals surface area contributed by atoms with Gasteiger partial charge in [-0.15, -0.1) is 0 Å². The van der Waals surface area contributed by atoms with Gasteiger partial charge in [0.05, 0.1) is 6.07 Å². The Labute approximate surface area is 74.3 Å². The molecule has 12 heavy (non-hydrogen) atoms. The molecule has 1 rings (SSSR count). The summed E-state index contributed by atoms with van der Waals surface area (Å²) in [6.07, 6.45) is 8.49. The maximum atomic E-state index is 8.26. The maximum absolute atomic E-state index is 8.26. The summed E-state index contributed by atoms with van der Waals surface area (Å²) in [5.74, 6) is 0.884. The average molecular weight is 164 g/mol. The summed E-state index contributed by atoms with van der Waals surface area (Å²) in [4.78, 5) is 0. The van der Waals surface area contributed by atoms with Gasteiger partial charge in [-0.1, -0.05) is 6.08 Å². The minimum absolute atomic E-state index is 0.884. The third kappa shape index (κ3) is 3.54. The molecule has 1 saturated heterocycles. The molecule has 1 aliphatic rings. The standard InChI is InChI=1S/C10H16N2/c11-7-3-1-2-4-10-5-8-12-9-6-10/h1,3,10,12H,2,4-6,8-9H2/b3-1+. The van der Waals surface area contributed by atoms with Crippen LogP contribution in [0.25, 0.3) is 0 Å². The van der Waals surface area contributed by atoms with Crippen molar-refractivity contribution in [3.63, 3.8) is 0 Å². The Morgan fingerprint density at radius 3 is 2.83 bits per heavy atom. The summed E-state index contributed by atoms with van der Waals surface area (Å²) in [5, 5.41) is 11.6. The second kappa shape index (κ2) is 5.79. The highest BCUT2D eigenvalue weighted by molar-refractivity contribution is 5.01. The summed E-state index contributed by atoms with van der Waals surface area (Å²) >= 11 is 0. The van der Waals surface area contributed by atoms with Crippen LogP contribution in [-0.2, 0) is 0 Å². The number of allylic oxidation sites excluding steroid dienone is 2. The number of rotatable bonds is 3. The lowest BCUT2D eigenvalue weighted by Gasteiger charge is -2.21. The summed E-state index contributed by atoms with van der Waals surface area (Å²) < 4.78 is 0. The van der Waals surface area contributed by atoms with Crippen molar-refractivity contribution in [3.05, 3.63) is 12.2 Å². The zero-order valence-electron chi connectivity index (χ0n) is 7.42. The highest BCUT2D eigenvalue weighted by Crippen LogP contribution is 2.17. The number of nitrogens with zero attached hydrogens (tertiary/aromatic N) is 1. The van der Waals surface area contributed by atoms with Crippen LogP contribution in [0.15, 0.2) is 12.2 Å². The summed E-state index contributed by atoms with van der Waals surface area (Å²) in [6.45, 7) is 2.35. The third-order valence-electron chi connectivity index (χ3n) is 2.39. The first-order chi connectivity index (χ1) is 5.93. The third-order valence-corrected chi connectivity index (χ3v) is 2.39. The fraction of sp³-hybridized carbons (Fsp3) is 0.700. The lowest BCUT2D eigenvalue weighted by atomic mass is 9.93. The molecule has 0 saturated carbocycles. The molecular weight excluding hydrogens is 148 g/mol. The molecule has 0 unspecified atom stereocenters. The SMILES string of the molecule is N#C/C=C/CCC1CCNCC1. The van der Waals surface area contributed by atoms with Gasteiger partial charge < -0.3 is 5.32 Å². The topological polar surface area (TPSA) is 35.8 Å². The predicted octanol–water partition coefficient (Wildman–Crippen LogP) is 1.85. The van der Waals surface area contributed by atoms with Gasteiger partial charge in [0.25, 0.3) is 0 Å². The van der Waals surface area contributed by atoms with E-state index in [1.807, 2.05) is 12.1 Å². The van der Waals surface area contributed by atoms with E-state index in [4.69, 9.17) is 5.26 Å². The fourth-order valence-electron chi connectivity index (χ4n) is 1.64. The summed E-state index contributed by atoms with van der Waals surface area (Å²) in [7, 11) is 0. The van der Waals surface area contributed by atoms with E-state index in [-0.39, 0.29) is 0 Å². The van der Waals surface area contributed by atoms with Gasteiger partial charge in [0, 0.05) is 6.08 Å². The van der Waals surface area contributed by atoms with Gasteiger partial charge in [0.2, 0.25) is 0 Å². The molecule has 1 N–H and O–H groups in total. The Morgan fingerprint density at radius 1 is 1.42 bits per heavy atom. The first-order valence-corrected chi connectivity index (χ1v) is 4.69. The Bertz CT molecular complexity index is 173. The van der Waals surface area contributed by atoms with Crippen molar-refractivity contribution >= 4 is 0 Å². The molecule has 1 fully saturated rings. The van der Waals surface area contributed by atoms with Gasteiger partial charge in [0.15, 0.2) is 0 Å². The van der Waals surface area contributed by atoms with Crippen molar-refractivity contribution < 1.29 is 0 Å². The van der Waals surface area contributed by atoms with Crippen LogP contribution in [0.3, 0.4) is 0 Å². The number of nitrogens with one attached hydrogen (secondary N) is 1. The van der Waals surface area contributed by atoms with Gasteiger partial charge in [-0.3, -0.25) is 0 Å². The smallest absolute Gasteiger partial charge is 0.0908 e. The Morgan fingerprint density at radius 2 is 2.17 bits per heavy atom. The van der Waals surface area contributed by atoms with E-state index in [1.54, 1.807) is 6.08 Å². The van der Waals surface area contributed by atoms with Crippen LogP contribution >= 0.6 is 0 Å². The van der Waals surface area contributed by atoms with E-state index in [0.29, 0.717) is 0 Å². The van der Waals surface area contributed by atoms with Crippen molar-refractivity contribution in [2.45, 2.75) is 25.7 Å². The second-order valence-electron chi connectivity index (χ2n) is 3.30. The van der Waals surface area contributed by atoms with Gasteiger partial charge in [-0.05, 0) is 44.7 Å². The Balaban J connectivity index is 2.06. The molecule has 2 nitrogen and oxygen atoms in total. The zero-order valence-corrected chi connectivity index (χ0v) is 7.42. The van der Waals surface area contributed by atoms with Crippen molar-refractivity contribution in [2.75, 3.05) is 13.1 Å². The fourth-order valence-corrected chi connectivity index (χ4v) is 1.64. The molecular formula is C10H16N2. The number of nitriles is 1. The van der Waals surface area contributed by atoms with Crippen LogP contribution in [0, 0.1) is 17.2 Å². The van der Waals surface area contributed by atoms with E-state index >= 15 is 0 Å². The van der Waals surface area contributed by atoms with Crippen LogP contribution < -0.4 is 5.32 Å². The molecule has 0 amide bonds. The first-order valence-electron chi connectivity index (χ1n) is 4.69. The van der Waals surface area contributed by atoms with Gasteiger partial charge in [-0.25, -0.2) is 0 Å². The molecule has 0 aromatic rings. The molecule has 2 heteroatoms. The molecule has 0 radical (unpaired) electrons. The minimum Gasteiger partial charge on any atom is -0.317 e. The number of hydrogen-bond acceptors (Lipinski definition) is 2. The zero-order chi connectivity index (χ0) is 8.65. The van der Waals surface area contributed by atoms with Crippen molar-refractivity contribution in [1.29, 1.82) is 5.26 Å². The van der Waals surface area contributed by atoms with Crippen molar-refractivity contribution in [3.8, 4) is 6.07 Å². The van der Waals surface area contributed by atoms with Crippen molar-refractivity contribution in [1.82, 2.24) is 5.32 Å². The monoisotopic (exact) mass is 164 g/mol. The quantitative estimate of drug-likeness (QED) is 0.646. The van der Waals surface area contributed by atoms with E-state index in [2.05, 4.69) is 5.32 Å². The molecule has 66 valence electrons. The van der Waals surface area contributed by atoms with E-state index < -0.39 is 0 Å². The molecule has 0 aliphatic carbocycles. The van der Waals surface area contributed by atoms with Crippen LogP contribution in [0.1, 0.15) is 25.7 Å². The van der Waals surface area contributed by atoms with Gasteiger partial charge in [-0.2, -0.15) is 5.26 Å². The van der Waals surface area contributed by atoms with Crippen LogP contribution in [0.2, 0.25) is 0 Å². The molecule has 0 spiro atoms. The highest BCUT2D eigenvalue weighted by Gasteiger charge is 2.10. The average Bonchev–Trinajstić information content (AvgIpc) is 2.14. The van der Waals surface area contributed by atoms with E-state index in [0.717, 1.165) is 12.3 Å². The van der Waals surface area contributed by atoms with E-state index in [9.17, 15) is 0 Å². The normalized spacial score (nSPS) is 19.6. The molecule has 0 aromatic heterocycles. The van der Waals surface area contributed by atoms with Gasteiger partial charge >= 0.3 is 0 Å². The highest BCUT2D eigenvalue weighted by atomic mass is 14.9. The van der Waals surface area contributed by atoms with Gasteiger partial charge in [0.1, 0.15) is 0 Å². The Hall–Kier alpha value is -0.810. The molecule has 0 bridgehead atoms. The van der Waals surface area contributed by atoms with Crippen LogP contribution in [0.5, 0.6) is 0 Å². The largest absolute Gasteiger partial charge is 0.317 e. The lowest BCUT2D eigenvalue weighted by Crippen LogP contribution is -2.27. The van der Waals surface area contributed by atoms with E-state index in [1.165, 1.54) is 32.4 Å². The lowest BCUT2D eigenvalue weighted by molar-refractivity contribution is 0.356. The predicted molar refractivity (Wildman–Crippen MR) is 49.6 cm³/mol. The van der Waals surface area contributed by atoms with Crippen LogP contribution in [0.4, 0.5) is 0 Å². The summed E-state index contributed by atoms with van der Waals surface area (Å²) in [5.41, 5.74) is 0. The summed E-state index contributed by atoms with van der Waals surface area (Å²) in [6, 6.07) is 2.01. The molecule has 0 atom stereocenters. The maximum Gasteiger partial charge on any atom is 0.0908 e. The number of hydrogen-bond donors (Lipinski definition) is 1. The molecule has 0 aromatic carbocycles. The molecule has 1 heterocycles. The number of piperidine rings is 1. The van der Waals surface area contributed by atoms with Crippen molar-refractivity contribution in [2.24, 2.45) is 5.92 Å². The first kappa shape index (κ1) is 9.28.